The zero-order chi connectivity index (χ0) is 22.2. The molecule has 0 radical (unpaired) electrons. The van der Waals surface area contributed by atoms with Crippen LogP contribution < -0.4 is 10.2 Å². The molecule has 2 amide bonds. The van der Waals surface area contributed by atoms with Crippen LogP contribution in [0.2, 0.25) is 5.02 Å². The number of rotatable bonds is 4. The van der Waals surface area contributed by atoms with Gasteiger partial charge in [0.1, 0.15) is 5.82 Å². The Morgan fingerprint density at radius 3 is 2.69 bits per heavy atom. The second-order valence-electron chi connectivity index (χ2n) is 8.57. The lowest BCUT2D eigenvalue weighted by Gasteiger charge is -2.36. The molecule has 3 aliphatic rings. The van der Waals surface area contributed by atoms with Crippen molar-refractivity contribution in [2.75, 3.05) is 31.1 Å². The van der Waals surface area contributed by atoms with Crippen LogP contribution in [0.4, 0.5) is 5.82 Å². The summed E-state index contributed by atoms with van der Waals surface area (Å²) in [6, 6.07) is 9.77. The molecular formula is C23H26ClN5O2S. The highest BCUT2D eigenvalue weighted by atomic mass is 35.5. The summed E-state index contributed by atoms with van der Waals surface area (Å²) in [5.74, 6) is 0.455. The predicted molar refractivity (Wildman–Crippen MR) is 127 cm³/mol. The molecule has 1 N–H and O–H groups in total. The van der Waals surface area contributed by atoms with E-state index in [9.17, 15) is 9.59 Å². The average Bonchev–Trinajstić information content (AvgIpc) is 3.12. The molecule has 2 fully saturated rings. The average molecular weight is 472 g/mol. The van der Waals surface area contributed by atoms with Crippen LogP contribution in [0.5, 0.6) is 0 Å². The standard InChI is InChI=1S/C23H26ClN5O2S/c24-18-5-2-8-25-21(18)28-11-9-27(10-12-28)13-15-3-1-4-16-17(15)14-29(23(16)32)19-6-7-20(30)26-22(19)31/h1-5,8,19,23,32H,6-7,9-14H2,(H,26,30,31). The summed E-state index contributed by atoms with van der Waals surface area (Å²) in [7, 11) is 0. The summed E-state index contributed by atoms with van der Waals surface area (Å²) in [6.07, 6.45) is 2.70. The highest BCUT2D eigenvalue weighted by Crippen LogP contribution is 2.40. The fraction of sp³-hybridized carbons (Fsp3) is 0.435. The zero-order valence-electron chi connectivity index (χ0n) is 17.7. The summed E-state index contributed by atoms with van der Waals surface area (Å²) in [5, 5.41) is 3.02. The molecule has 2 atom stereocenters. The topological polar surface area (TPSA) is 68.8 Å². The SMILES string of the molecule is O=C1CCC(N2Cc3c(CN4CCN(c5ncccc5Cl)CC4)cccc3C2S)C(=O)N1. The summed E-state index contributed by atoms with van der Waals surface area (Å²) in [6.45, 7) is 5.15. The first kappa shape index (κ1) is 21.7. The molecule has 4 heterocycles. The third-order valence-electron chi connectivity index (χ3n) is 6.66. The molecule has 32 heavy (non-hydrogen) atoms. The molecule has 1 aromatic heterocycles. The molecule has 0 bridgehead atoms. The number of halogens is 1. The minimum absolute atomic E-state index is 0.142. The van der Waals surface area contributed by atoms with Crippen molar-refractivity contribution in [3.05, 3.63) is 58.2 Å². The number of thiol groups is 1. The molecule has 5 rings (SSSR count). The molecule has 2 unspecified atom stereocenters. The predicted octanol–water partition coefficient (Wildman–Crippen LogP) is 2.61. The lowest BCUT2D eigenvalue weighted by Crippen LogP contribution is -2.51. The number of carbonyl (C=O) groups is 2. The number of benzene rings is 1. The van der Waals surface area contributed by atoms with Gasteiger partial charge in [-0.1, -0.05) is 29.8 Å². The summed E-state index contributed by atoms with van der Waals surface area (Å²) < 4.78 is 0. The number of piperidine rings is 1. The van der Waals surface area contributed by atoms with Gasteiger partial charge in [0.2, 0.25) is 11.8 Å². The highest BCUT2D eigenvalue weighted by molar-refractivity contribution is 7.80. The number of anilines is 1. The number of aromatic nitrogens is 1. The van der Waals surface area contributed by atoms with Gasteiger partial charge in [0.15, 0.2) is 0 Å². The molecule has 2 saturated heterocycles. The van der Waals surface area contributed by atoms with Crippen molar-refractivity contribution < 1.29 is 9.59 Å². The van der Waals surface area contributed by atoms with Gasteiger partial charge in [-0.15, -0.1) is 0 Å². The number of imide groups is 1. The fourth-order valence-electron chi connectivity index (χ4n) is 4.93. The van der Waals surface area contributed by atoms with E-state index in [1.165, 1.54) is 11.1 Å². The first-order chi connectivity index (χ1) is 15.5. The Hall–Kier alpha value is -2.13. The lowest BCUT2D eigenvalue weighted by atomic mass is 10.0. The summed E-state index contributed by atoms with van der Waals surface area (Å²) >= 11 is 11.2. The Kier molecular flexibility index (Phi) is 6.11. The van der Waals surface area contributed by atoms with Gasteiger partial charge in [-0.3, -0.25) is 24.7 Å². The van der Waals surface area contributed by atoms with Crippen molar-refractivity contribution in [2.45, 2.75) is 37.3 Å². The van der Waals surface area contributed by atoms with Gasteiger partial charge in [-0.25, -0.2) is 4.98 Å². The zero-order valence-corrected chi connectivity index (χ0v) is 19.4. The molecule has 0 saturated carbocycles. The van der Waals surface area contributed by atoms with Gasteiger partial charge >= 0.3 is 0 Å². The van der Waals surface area contributed by atoms with Crippen LogP contribution in [0.25, 0.3) is 0 Å². The van der Waals surface area contributed by atoms with Crippen LogP contribution in [0.15, 0.2) is 36.5 Å². The first-order valence-corrected chi connectivity index (χ1v) is 11.9. The molecule has 3 aliphatic heterocycles. The van der Waals surface area contributed by atoms with E-state index in [0.29, 0.717) is 24.4 Å². The van der Waals surface area contributed by atoms with Gasteiger partial charge in [-0.05, 0) is 35.2 Å². The molecule has 168 valence electrons. The number of pyridine rings is 1. The maximum atomic E-state index is 12.4. The van der Waals surface area contributed by atoms with Crippen LogP contribution >= 0.6 is 24.2 Å². The number of nitrogens with one attached hydrogen (secondary N) is 1. The molecular weight excluding hydrogens is 446 g/mol. The Balaban J connectivity index is 1.26. The van der Waals surface area contributed by atoms with E-state index in [2.05, 4.69) is 43.2 Å². The van der Waals surface area contributed by atoms with E-state index < -0.39 is 0 Å². The molecule has 2 aromatic rings. The largest absolute Gasteiger partial charge is 0.353 e. The Morgan fingerprint density at radius 1 is 1.12 bits per heavy atom. The van der Waals surface area contributed by atoms with Gasteiger partial charge in [0.25, 0.3) is 0 Å². The van der Waals surface area contributed by atoms with Crippen LogP contribution in [0.1, 0.15) is 34.9 Å². The van der Waals surface area contributed by atoms with Crippen molar-refractivity contribution >= 4 is 41.9 Å². The Labute approximate surface area is 198 Å². The van der Waals surface area contributed by atoms with E-state index in [1.807, 2.05) is 12.1 Å². The maximum Gasteiger partial charge on any atom is 0.243 e. The highest BCUT2D eigenvalue weighted by Gasteiger charge is 2.39. The minimum atomic E-state index is -0.317. The van der Waals surface area contributed by atoms with Crippen molar-refractivity contribution in [3.63, 3.8) is 0 Å². The molecule has 7 nitrogen and oxygen atoms in total. The third kappa shape index (κ3) is 4.12. The number of piperazine rings is 1. The number of amides is 2. The van der Waals surface area contributed by atoms with Crippen molar-refractivity contribution in [2.24, 2.45) is 0 Å². The maximum absolute atomic E-state index is 12.4. The Bertz CT molecular complexity index is 1040. The van der Waals surface area contributed by atoms with Crippen LogP contribution in [0.3, 0.4) is 0 Å². The lowest BCUT2D eigenvalue weighted by molar-refractivity contribution is -0.137. The van der Waals surface area contributed by atoms with Gasteiger partial charge in [0.05, 0.1) is 16.4 Å². The van der Waals surface area contributed by atoms with Gasteiger partial charge in [-0.2, -0.15) is 12.6 Å². The van der Waals surface area contributed by atoms with Gasteiger partial charge < -0.3 is 4.90 Å². The molecule has 0 aliphatic carbocycles. The van der Waals surface area contributed by atoms with E-state index in [0.717, 1.165) is 44.1 Å². The smallest absolute Gasteiger partial charge is 0.243 e. The van der Waals surface area contributed by atoms with Crippen molar-refractivity contribution in [3.8, 4) is 0 Å². The van der Waals surface area contributed by atoms with E-state index in [1.54, 1.807) is 6.20 Å². The van der Waals surface area contributed by atoms with Crippen LogP contribution in [-0.2, 0) is 22.7 Å². The van der Waals surface area contributed by atoms with Crippen LogP contribution in [-0.4, -0.2) is 58.8 Å². The van der Waals surface area contributed by atoms with Crippen molar-refractivity contribution in [1.29, 1.82) is 0 Å². The minimum Gasteiger partial charge on any atom is -0.353 e. The Morgan fingerprint density at radius 2 is 1.94 bits per heavy atom. The van der Waals surface area contributed by atoms with E-state index in [-0.39, 0.29) is 23.2 Å². The number of hydrogen-bond acceptors (Lipinski definition) is 7. The normalized spacial score (nSPS) is 24.5. The first-order valence-electron chi connectivity index (χ1n) is 11.0. The number of hydrogen-bond donors (Lipinski definition) is 2. The van der Waals surface area contributed by atoms with Crippen molar-refractivity contribution in [1.82, 2.24) is 20.1 Å². The molecule has 0 spiro atoms. The van der Waals surface area contributed by atoms with E-state index >= 15 is 0 Å². The number of carbonyl (C=O) groups excluding carboxylic acids is 2. The third-order valence-corrected chi connectivity index (χ3v) is 7.53. The van der Waals surface area contributed by atoms with E-state index in [4.69, 9.17) is 24.2 Å². The monoisotopic (exact) mass is 471 g/mol. The quantitative estimate of drug-likeness (QED) is 0.527. The summed E-state index contributed by atoms with van der Waals surface area (Å²) in [5.41, 5.74) is 3.70. The number of nitrogens with zero attached hydrogens (tertiary/aromatic N) is 4. The second kappa shape index (κ2) is 9.02. The second-order valence-corrected chi connectivity index (χ2v) is 9.47. The molecule has 1 aromatic carbocycles. The molecule has 9 heteroatoms. The fourth-order valence-corrected chi connectivity index (χ4v) is 5.66. The summed E-state index contributed by atoms with van der Waals surface area (Å²) in [4.78, 5) is 35.2. The number of fused-ring (bicyclic) bond motifs is 1. The van der Waals surface area contributed by atoms with Crippen LogP contribution in [0, 0.1) is 0 Å². The van der Waals surface area contributed by atoms with Gasteiger partial charge in [0, 0.05) is 51.9 Å².